The first kappa shape index (κ1) is 10.7. The lowest BCUT2D eigenvalue weighted by Crippen LogP contribution is -2.18. The van der Waals surface area contributed by atoms with E-state index in [9.17, 15) is 4.79 Å². The molecule has 2 rings (SSSR count). The minimum atomic E-state index is 0.184. The maximum absolute atomic E-state index is 12.1. The van der Waals surface area contributed by atoms with Crippen molar-refractivity contribution in [2.24, 2.45) is 5.92 Å². The molecule has 5 heteroatoms. The highest BCUT2D eigenvalue weighted by molar-refractivity contribution is 7.99. The van der Waals surface area contributed by atoms with Gasteiger partial charge in [-0.05, 0) is 18.6 Å². The third kappa shape index (κ3) is 2.22. The Kier molecular flexibility index (Phi) is 3.41. The fraction of sp³-hybridized carbons (Fsp3) is 0.700. The van der Waals surface area contributed by atoms with Crippen LogP contribution in [0.1, 0.15) is 30.3 Å². The zero-order valence-electron chi connectivity index (χ0n) is 8.85. The van der Waals surface area contributed by atoms with Crippen molar-refractivity contribution in [3.05, 3.63) is 11.9 Å². The maximum atomic E-state index is 12.1. The molecule has 82 valence electrons. The lowest BCUT2D eigenvalue weighted by Gasteiger charge is -2.07. The first-order valence-electron chi connectivity index (χ1n) is 5.33. The van der Waals surface area contributed by atoms with Crippen LogP contribution in [0.2, 0.25) is 0 Å². The molecule has 0 radical (unpaired) electrons. The molecule has 0 aromatic carbocycles. The zero-order chi connectivity index (χ0) is 10.7. The van der Waals surface area contributed by atoms with Crippen LogP contribution in [0, 0.1) is 5.92 Å². The molecule has 0 saturated carbocycles. The number of rotatable bonds is 4. The van der Waals surface area contributed by atoms with E-state index < -0.39 is 0 Å². The topological polar surface area (TPSA) is 47.8 Å². The summed E-state index contributed by atoms with van der Waals surface area (Å²) in [5.74, 6) is 2.46. The van der Waals surface area contributed by atoms with Gasteiger partial charge in [-0.25, -0.2) is 4.68 Å². The molecular formula is C10H15N3OS. The summed E-state index contributed by atoms with van der Waals surface area (Å²) in [5.41, 5.74) is 0.685. The molecule has 1 aromatic heterocycles. The fourth-order valence-corrected chi connectivity index (χ4v) is 3.00. The van der Waals surface area contributed by atoms with Gasteiger partial charge in [0.2, 0.25) is 0 Å². The number of carbonyl (C=O) groups excluding carboxylic acids is 1. The molecule has 1 aromatic rings. The molecule has 4 nitrogen and oxygen atoms in total. The number of Topliss-reactive ketones (excluding diaryl/α,β-unsaturated/α-hetero) is 1. The van der Waals surface area contributed by atoms with E-state index in [4.69, 9.17) is 0 Å². The molecule has 15 heavy (non-hydrogen) atoms. The van der Waals surface area contributed by atoms with Crippen molar-refractivity contribution in [2.45, 2.75) is 26.3 Å². The Bertz CT molecular complexity index is 344. The lowest BCUT2D eigenvalue weighted by atomic mass is 10.0. The number of hydrogen-bond donors (Lipinski definition) is 0. The fourth-order valence-electron chi connectivity index (χ4n) is 1.78. The van der Waals surface area contributed by atoms with Crippen LogP contribution in [0.4, 0.5) is 0 Å². The van der Waals surface area contributed by atoms with Crippen molar-refractivity contribution in [3.8, 4) is 0 Å². The Labute approximate surface area is 93.4 Å². The molecule has 1 saturated heterocycles. The second-order valence-electron chi connectivity index (χ2n) is 3.77. The molecule has 0 N–H and O–H groups in total. The highest BCUT2D eigenvalue weighted by atomic mass is 32.2. The van der Waals surface area contributed by atoms with Gasteiger partial charge in [0, 0.05) is 18.2 Å². The summed E-state index contributed by atoms with van der Waals surface area (Å²) < 4.78 is 1.73. The van der Waals surface area contributed by atoms with Crippen LogP contribution in [0.3, 0.4) is 0 Å². The van der Waals surface area contributed by atoms with Gasteiger partial charge in [-0.3, -0.25) is 4.79 Å². The average Bonchev–Trinajstić information content (AvgIpc) is 2.87. The van der Waals surface area contributed by atoms with Gasteiger partial charge < -0.3 is 0 Å². The van der Waals surface area contributed by atoms with Gasteiger partial charge in [0.15, 0.2) is 5.78 Å². The number of ketones is 1. The minimum absolute atomic E-state index is 0.184. The second kappa shape index (κ2) is 4.79. The third-order valence-corrected chi connectivity index (χ3v) is 3.77. The summed E-state index contributed by atoms with van der Waals surface area (Å²) >= 11 is 1.86. The molecular weight excluding hydrogens is 210 g/mol. The maximum Gasteiger partial charge on any atom is 0.186 e. The van der Waals surface area contributed by atoms with Gasteiger partial charge in [-0.15, -0.1) is 5.10 Å². The van der Waals surface area contributed by atoms with Crippen molar-refractivity contribution in [1.29, 1.82) is 0 Å². The van der Waals surface area contributed by atoms with Crippen LogP contribution < -0.4 is 0 Å². The average molecular weight is 225 g/mol. The highest BCUT2D eigenvalue weighted by Gasteiger charge is 2.26. The lowest BCUT2D eigenvalue weighted by molar-refractivity contribution is 0.0922. The molecule has 0 spiro atoms. The van der Waals surface area contributed by atoms with Gasteiger partial charge in [0.25, 0.3) is 0 Å². The summed E-state index contributed by atoms with van der Waals surface area (Å²) in [4.78, 5) is 12.1. The molecule has 2 heterocycles. The van der Waals surface area contributed by atoms with Crippen molar-refractivity contribution in [3.63, 3.8) is 0 Å². The van der Waals surface area contributed by atoms with E-state index in [0.717, 1.165) is 30.9 Å². The van der Waals surface area contributed by atoms with Crippen molar-refractivity contribution < 1.29 is 4.79 Å². The van der Waals surface area contributed by atoms with E-state index in [2.05, 4.69) is 17.2 Å². The monoisotopic (exact) mass is 225 g/mol. The second-order valence-corrected chi connectivity index (χ2v) is 4.92. The standard InChI is InChI=1S/C10H15N3OS/c1-2-4-13-9(6-11-12-13)10(14)8-3-5-15-7-8/h6,8H,2-5,7H2,1H3. The van der Waals surface area contributed by atoms with Gasteiger partial charge in [-0.1, -0.05) is 12.1 Å². The number of thioether (sulfide) groups is 1. The van der Waals surface area contributed by atoms with E-state index in [-0.39, 0.29) is 11.7 Å². The normalized spacial score (nSPS) is 20.7. The van der Waals surface area contributed by atoms with E-state index in [1.165, 1.54) is 0 Å². The van der Waals surface area contributed by atoms with Gasteiger partial charge in [0.05, 0.1) is 6.20 Å². The van der Waals surface area contributed by atoms with Crippen LogP contribution in [0.15, 0.2) is 6.20 Å². The van der Waals surface area contributed by atoms with E-state index in [0.29, 0.717) is 5.69 Å². The number of nitrogens with zero attached hydrogens (tertiary/aromatic N) is 3. The van der Waals surface area contributed by atoms with Crippen molar-refractivity contribution in [1.82, 2.24) is 15.0 Å². The summed E-state index contributed by atoms with van der Waals surface area (Å²) in [6, 6.07) is 0. The molecule has 0 aliphatic carbocycles. The molecule has 1 atom stereocenters. The molecule has 1 aliphatic heterocycles. The summed E-state index contributed by atoms with van der Waals surface area (Å²) in [7, 11) is 0. The summed E-state index contributed by atoms with van der Waals surface area (Å²) in [6.07, 6.45) is 3.57. The Morgan fingerprint density at radius 1 is 1.73 bits per heavy atom. The van der Waals surface area contributed by atoms with Crippen molar-refractivity contribution >= 4 is 17.5 Å². The number of aryl methyl sites for hydroxylation is 1. The van der Waals surface area contributed by atoms with E-state index in [1.807, 2.05) is 11.8 Å². The summed E-state index contributed by atoms with van der Waals surface area (Å²) in [5, 5.41) is 7.76. The van der Waals surface area contributed by atoms with E-state index >= 15 is 0 Å². The first-order chi connectivity index (χ1) is 7.33. The van der Waals surface area contributed by atoms with Crippen molar-refractivity contribution in [2.75, 3.05) is 11.5 Å². The first-order valence-corrected chi connectivity index (χ1v) is 6.49. The Morgan fingerprint density at radius 2 is 2.60 bits per heavy atom. The zero-order valence-corrected chi connectivity index (χ0v) is 9.66. The Morgan fingerprint density at radius 3 is 3.27 bits per heavy atom. The van der Waals surface area contributed by atoms with Crippen LogP contribution in [-0.2, 0) is 6.54 Å². The van der Waals surface area contributed by atoms with Gasteiger partial charge >= 0.3 is 0 Å². The highest BCUT2D eigenvalue weighted by Crippen LogP contribution is 2.26. The molecule has 0 amide bonds. The summed E-state index contributed by atoms with van der Waals surface area (Å²) in [6.45, 7) is 2.85. The Balaban J connectivity index is 2.13. The van der Waals surface area contributed by atoms with Crippen LogP contribution in [0.5, 0.6) is 0 Å². The van der Waals surface area contributed by atoms with Gasteiger partial charge in [0.1, 0.15) is 5.69 Å². The molecule has 1 unspecified atom stereocenters. The predicted molar refractivity (Wildman–Crippen MR) is 60.1 cm³/mol. The van der Waals surface area contributed by atoms with Crippen LogP contribution >= 0.6 is 11.8 Å². The van der Waals surface area contributed by atoms with Gasteiger partial charge in [-0.2, -0.15) is 11.8 Å². The van der Waals surface area contributed by atoms with Crippen LogP contribution in [-0.4, -0.2) is 32.3 Å². The smallest absolute Gasteiger partial charge is 0.186 e. The largest absolute Gasteiger partial charge is 0.292 e. The van der Waals surface area contributed by atoms with E-state index in [1.54, 1.807) is 10.9 Å². The predicted octanol–water partition coefficient (Wildman–Crippen LogP) is 1.62. The number of aromatic nitrogens is 3. The third-order valence-electron chi connectivity index (χ3n) is 2.61. The SMILES string of the molecule is CCCn1nncc1C(=O)C1CCSC1. The quantitative estimate of drug-likeness (QED) is 0.731. The minimum Gasteiger partial charge on any atom is -0.292 e. The van der Waals surface area contributed by atoms with Crippen LogP contribution in [0.25, 0.3) is 0 Å². The number of hydrogen-bond acceptors (Lipinski definition) is 4. The molecule has 1 fully saturated rings. The molecule has 1 aliphatic rings. The Hall–Kier alpha value is -0.840. The molecule has 0 bridgehead atoms. The number of carbonyl (C=O) groups is 1.